The van der Waals surface area contributed by atoms with Gasteiger partial charge in [0.15, 0.2) is 0 Å². The first-order valence-corrected chi connectivity index (χ1v) is 4.39. The summed E-state index contributed by atoms with van der Waals surface area (Å²) in [7, 11) is 0. The molecule has 0 aromatic rings. The summed E-state index contributed by atoms with van der Waals surface area (Å²) in [5, 5.41) is 8.66. The van der Waals surface area contributed by atoms with Crippen molar-refractivity contribution in [3.05, 3.63) is 12.3 Å². The molecule has 1 amide bonds. The third-order valence-electron chi connectivity index (χ3n) is 1.85. The molecule has 1 fully saturated rings. The number of hydrogen-bond donors (Lipinski definition) is 2. The van der Waals surface area contributed by atoms with E-state index in [0.29, 0.717) is 0 Å². The van der Waals surface area contributed by atoms with Crippen LogP contribution in [0.2, 0.25) is 0 Å². The molecule has 0 radical (unpaired) electrons. The predicted octanol–water partition coefficient (Wildman–Crippen LogP) is -0.237. The van der Waals surface area contributed by atoms with Gasteiger partial charge in [0.25, 0.3) is 0 Å². The summed E-state index contributed by atoms with van der Waals surface area (Å²) in [5.41, 5.74) is 2.00. The van der Waals surface area contributed by atoms with Crippen LogP contribution in [0.4, 0.5) is 0 Å². The molecule has 2 rings (SSSR count). The third-order valence-corrected chi connectivity index (χ3v) is 3.07. The van der Waals surface area contributed by atoms with Gasteiger partial charge in [0, 0.05) is 12.0 Å². The Balaban J connectivity index is 2.12. The maximum atomic E-state index is 11.1. The Kier molecular flexibility index (Phi) is 1.63. The van der Waals surface area contributed by atoms with Gasteiger partial charge in [-0.2, -0.15) is 5.48 Å². The molecule has 0 aromatic carbocycles. The predicted molar refractivity (Wildman–Crippen MR) is 40.9 cm³/mol. The van der Waals surface area contributed by atoms with Crippen molar-refractivity contribution in [2.24, 2.45) is 0 Å². The molecule has 5 heteroatoms. The van der Waals surface area contributed by atoms with Gasteiger partial charge in [0.1, 0.15) is 11.4 Å². The standard InChI is InChI=1S/C6H8N2O2S/c9-5-4(7-10)6-8(5)2-1-3-11-6/h1-2,4,6-7,10H,3H2/t4-,6+/m0/s1. The second-order valence-corrected chi connectivity index (χ2v) is 3.61. The molecule has 2 atom stereocenters. The van der Waals surface area contributed by atoms with E-state index in [1.807, 2.05) is 11.6 Å². The molecule has 0 spiro atoms. The van der Waals surface area contributed by atoms with Gasteiger partial charge in [-0.15, -0.1) is 11.8 Å². The highest BCUT2D eigenvalue weighted by atomic mass is 32.2. The number of nitrogens with one attached hydrogen (secondary N) is 1. The number of rotatable bonds is 1. The SMILES string of the molecule is O=C1[C@H](NO)[C@H]2SCC=CN12. The molecule has 11 heavy (non-hydrogen) atoms. The van der Waals surface area contributed by atoms with Crippen LogP contribution in [0, 0.1) is 0 Å². The Bertz CT molecular complexity index is 219. The summed E-state index contributed by atoms with van der Waals surface area (Å²) in [6, 6.07) is -0.398. The highest BCUT2D eigenvalue weighted by Crippen LogP contribution is 2.32. The summed E-state index contributed by atoms with van der Waals surface area (Å²) in [4.78, 5) is 12.7. The van der Waals surface area contributed by atoms with E-state index in [1.54, 1.807) is 22.9 Å². The van der Waals surface area contributed by atoms with Crippen LogP contribution in [0.25, 0.3) is 0 Å². The minimum atomic E-state index is -0.398. The monoisotopic (exact) mass is 172 g/mol. The van der Waals surface area contributed by atoms with Crippen molar-refractivity contribution in [2.45, 2.75) is 11.4 Å². The molecule has 0 bridgehead atoms. The maximum Gasteiger partial charge on any atom is 0.250 e. The van der Waals surface area contributed by atoms with Gasteiger partial charge in [-0.25, -0.2) is 0 Å². The lowest BCUT2D eigenvalue weighted by Gasteiger charge is -2.45. The lowest BCUT2D eigenvalue weighted by Crippen LogP contribution is -2.66. The number of hydroxylamine groups is 1. The quantitative estimate of drug-likeness (QED) is 0.423. The second kappa shape index (κ2) is 2.51. The molecule has 0 aromatic heterocycles. The van der Waals surface area contributed by atoms with Crippen molar-refractivity contribution in [3.63, 3.8) is 0 Å². The number of amides is 1. The fourth-order valence-electron chi connectivity index (χ4n) is 1.25. The summed E-state index contributed by atoms with van der Waals surface area (Å²) in [5.74, 6) is 0.855. The van der Waals surface area contributed by atoms with E-state index in [-0.39, 0.29) is 11.3 Å². The molecule has 2 aliphatic rings. The Labute approximate surface area is 68.2 Å². The van der Waals surface area contributed by atoms with E-state index in [4.69, 9.17) is 5.21 Å². The summed E-state index contributed by atoms with van der Waals surface area (Å²) in [6.07, 6.45) is 3.71. The fourth-order valence-corrected chi connectivity index (χ4v) is 2.35. The maximum absolute atomic E-state index is 11.1. The Morgan fingerprint density at radius 2 is 2.64 bits per heavy atom. The molecule has 0 aliphatic carbocycles. The van der Waals surface area contributed by atoms with E-state index >= 15 is 0 Å². The van der Waals surface area contributed by atoms with Crippen LogP contribution < -0.4 is 5.48 Å². The van der Waals surface area contributed by atoms with E-state index in [2.05, 4.69) is 0 Å². The van der Waals surface area contributed by atoms with E-state index in [1.165, 1.54) is 0 Å². The molecule has 2 heterocycles. The average Bonchev–Trinajstić information content (AvgIpc) is 2.05. The highest BCUT2D eigenvalue weighted by molar-refractivity contribution is 8.00. The molecule has 60 valence electrons. The first-order valence-electron chi connectivity index (χ1n) is 3.34. The average molecular weight is 172 g/mol. The molecule has 1 saturated heterocycles. The van der Waals surface area contributed by atoms with Crippen LogP contribution in [0.15, 0.2) is 12.3 Å². The molecular weight excluding hydrogens is 164 g/mol. The number of nitrogens with zero attached hydrogens (tertiary/aromatic N) is 1. The van der Waals surface area contributed by atoms with Crippen LogP contribution in [0.5, 0.6) is 0 Å². The van der Waals surface area contributed by atoms with Crippen molar-refractivity contribution < 1.29 is 10.0 Å². The molecular formula is C6H8N2O2S. The van der Waals surface area contributed by atoms with Gasteiger partial charge in [0.2, 0.25) is 5.91 Å². The summed E-state index contributed by atoms with van der Waals surface area (Å²) in [6.45, 7) is 0. The number of hydrogen-bond acceptors (Lipinski definition) is 4. The zero-order valence-electron chi connectivity index (χ0n) is 5.73. The van der Waals surface area contributed by atoms with Gasteiger partial charge < -0.3 is 10.1 Å². The lowest BCUT2D eigenvalue weighted by molar-refractivity contribution is -0.146. The first-order chi connectivity index (χ1) is 5.34. The van der Waals surface area contributed by atoms with Crippen LogP contribution in [-0.4, -0.2) is 33.2 Å². The van der Waals surface area contributed by atoms with Gasteiger partial charge in [0.05, 0.1) is 0 Å². The van der Waals surface area contributed by atoms with Crippen molar-refractivity contribution in [2.75, 3.05) is 5.75 Å². The van der Waals surface area contributed by atoms with Crippen molar-refractivity contribution in [3.8, 4) is 0 Å². The van der Waals surface area contributed by atoms with Gasteiger partial charge in [-0.3, -0.25) is 4.79 Å². The van der Waals surface area contributed by atoms with Crippen LogP contribution in [0.3, 0.4) is 0 Å². The normalized spacial score (nSPS) is 35.0. The number of carbonyl (C=O) groups is 1. The smallest absolute Gasteiger partial charge is 0.250 e. The van der Waals surface area contributed by atoms with Crippen molar-refractivity contribution in [1.82, 2.24) is 10.4 Å². The topological polar surface area (TPSA) is 52.6 Å². The van der Waals surface area contributed by atoms with Crippen LogP contribution in [0.1, 0.15) is 0 Å². The molecule has 0 unspecified atom stereocenters. The number of carbonyl (C=O) groups excluding carboxylic acids is 1. The van der Waals surface area contributed by atoms with Crippen LogP contribution >= 0.6 is 11.8 Å². The molecule has 0 saturated carbocycles. The first kappa shape index (κ1) is 7.15. The Morgan fingerprint density at radius 1 is 1.82 bits per heavy atom. The number of β-lactam (4-membered cyclic amide) rings is 1. The molecule has 2 aliphatic heterocycles. The highest BCUT2D eigenvalue weighted by Gasteiger charge is 2.47. The molecule has 4 nitrogen and oxygen atoms in total. The van der Waals surface area contributed by atoms with Crippen molar-refractivity contribution >= 4 is 17.7 Å². The van der Waals surface area contributed by atoms with Crippen molar-refractivity contribution in [1.29, 1.82) is 0 Å². The van der Waals surface area contributed by atoms with Gasteiger partial charge in [-0.1, -0.05) is 6.08 Å². The van der Waals surface area contributed by atoms with E-state index < -0.39 is 6.04 Å². The largest absolute Gasteiger partial charge is 0.316 e. The third kappa shape index (κ3) is 0.885. The van der Waals surface area contributed by atoms with Gasteiger partial charge in [-0.05, 0) is 0 Å². The Hall–Kier alpha value is -0.520. The van der Waals surface area contributed by atoms with E-state index in [9.17, 15) is 4.79 Å². The second-order valence-electron chi connectivity index (χ2n) is 2.46. The number of fused-ring (bicyclic) bond motifs is 1. The van der Waals surface area contributed by atoms with Gasteiger partial charge >= 0.3 is 0 Å². The molecule has 2 N–H and O–H groups in total. The minimum absolute atomic E-state index is 0.0547. The lowest BCUT2D eigenvalue weighted by atomic mass is 10.1. The summed E-state index contributed by atoms with van der Waals surface area (Å²) >= 11 is 1.65. The minimum Gasteiger partial charge on any atom is -0.316 e. The van der Waals surface area contributed by atoms with Crippen LogP contribution in [-0.2, 0) is 4.79 Å². The number of thioether (sulfide) groups is 1. The summed E-state index contributed by atoms with van der Waals surface area (Å²) < 4.78 is 0. The zero-order valence-corrected chi connectivity index (χ0v) is 6.54. The van der Waals surface area contributed by atoms with E-state index in [0.717, 1.165) is 5.75 Å². The Morgan fingerprint density at radius 3 is 3.36 bits per heavy atom. The fraction of sp³-hybridized carbons (Fsp3) is 0.500. The zero-order chi connectivity index (χ0) is 7.84.